The minimum atomic E-state index is -1.02. The maximum absolute atomic E-state index is 16.2. The number of nitrogens with zero attached hydrogens (tertiary/aromatic N) is 1. The summed E-state index contributed by atoms with van der Waals surface area (Å²) >= 11 is 0. The number of phenols is 1. The molecule has 3 unspecified atom stereocenters. The zero-order chi connectivity index (χ0) is 33.1. The summed E-state index contributed by atoms with van der Waals surface area (Å²) in [5, 5.41) is 24.0. The fraction of sp³-hybridized carbons (Fsp3) is 0.500. The number of fused-ring (bicyclic) bond motifs is 5. The first-order valence-electron chi connectivity index (χ1n) is 17.5. The van der Waals surface area contributed by atoms with Gasteiger partial charge in [-0.1, -0.05) is 49.7 Å². The fourth-order valence-corrected chi connectivity index (χ4v) is 9.26. The first-order chi connectivity index (χ1) is 22.6. The van der Waals surface area contributed by atoms with Gasteiger partial charge >= 0.3 is 0 Å². The highest BCUT2D eigenvalue weighted by molar-refractivity contribution is 5.95. The van der Waals surface area contributed by atoms with Crippen molar-refractivity contribution in [3.8, 4) is 5.75 Å². The molecule has 2 fully saturated rings. The number of unbranched alkanes of at least 4 members (excludes halogenated alkanes) is 1. The lowest BCUT2D eigenvalue weighted by Gasteiger charge is -2.54. The van der Waals surface area contributed by atoms with Gasteiger partial charge in [-0.25, -0.2) is 4.39 Å². The smallest absolute Gasteiger partial charge is 0.253 e. The molecular formula is C40H49FN2O4. The molecule has 0 bridgehead atoms. The van der Waals surface area contributed by atoms with Crippen molar-refractivity contribution < 1.29 is 24.2 Å². The zero-order valence-electron chi connectivity index (χ0n) is 27.7. The van der Waals surface area contributed by atoms with Crippen molar-refractivity contribution >= 4 is 17.5 Å². The number of carbonyl (C=O) groups is 2. The first kappa shape index (κ1) is 33.2. The molecule has 0 radical (unpaired) electrons. The van der Waals surface area contributed by atoms with Crippen molar-refractivity contribution in [2.24, 2.45) is 23.2 Å². The molecule has 3 N–H and O–H groups in total. The van der Waals surface area contributed by atoms with Crippen LogP contribution in [0.5, 0.6) is 5.75 Å². The number of alkyl halides is 1. The van der Waals surface area contributed by atoms with Crippen molar-refractivity contribution in [2.45, 2.75) is 89.8 Å². The Bertz CT molecular complexity index is 1550. The highest BCUT2D eigenvalue weighted by Gasteiger charge is 2.59. The lowest BCUT2D eigenvalue weighted by molar-refractivity contribution is -0.114. The molecule has 3 aliphatic rings. The number of amides is 2. The number of phenolic OH excluding ortho intramolecular Hbond substituents is 1. The van der Waals surface area contributed by atoms with E-state index in [1.807, 2.05) is 35.2 Å². The van der Waals surface area contributed by atoms with Crippen LogP contribution in [0.3, 0.4) is 0 Å². The van der Waals surface area contributed by atoms with E-state index in [1.54, 1.807) is 30.3 Å². The number of aryl methyl sites for hydroxylation is 1. The van der Waals surface area contributed by atoms with Crippen molar-refractivity contribution in [1.29, 1.82) is 0 Å². The third-order valence-electron chi connectivity index (χ3n) is 11.5. The predicted octanol–water partition coefficient (Wildman–Crippen LogP) is 7.69. The third kappa shape index (κ3) is 7.11. The number of hydrogen-bond acceptors (Lipinski definition) is 4. The standard InChI is InChI=1S/C40H49FN2O4/c1-26(44)42-31-15-13-28(14-16-31)39(47)43(22-8-11-27-9-4-3-5-10-27)21-7-6-12-29-23-30-24-32(45)17-18-33(30)38-35(41)25-40(2)34(37(29)38)19-20-36(40)46/h3-5,9-10,13-18,24,29,34-38,45-46H,6-8,11-12,19-23,25H2,1-2H3,(H,42,44)/t29-,34?,35+,36+,37?,38?,40+/m1/s1. The van der Waals surface area contributed by atoms with Crippen LogP contribution in [0.1, 0.15) is 91.8 Å². The molecule has 3 aromatic carbocycles. The van der Waals surface area contributed by atoms with E-state index in [9.17, 15) is 19.8 Å². The van der Waals surface area contributed by atoms with Gasteiger partial charge in [0.1, 0.15) is 11.9 Å². The number of benzene rings is 3. The Hall–Kier alpha value is -3.71. The van der Waals surface area contributed by atoms with E-state index in [4.69, 9.17) is 0 Å². The van der Waals surface area contributed by atoms with Crippen molar-refractivity contribution in [2.75, 3.05) is 18.4 Å². The largest absolute Gasteiger partial charge is 0.508 e. The van der Waals surface area contributed by atoms with Gasteiger partial charge in [0.25, 0.3) is 5.91 Å². The van der Waals surface area contributed by atoms with E-state index >= 15 is 4.39 Å². The molecule has 0 aromatic heterocycles. The van der Waals surface area contributed by atoms with Gasteiger partial charge in [-0.3, -0.25) is 9.59 Å². The molecule has 6 nitrogen and oxygen atoms in total. The minimum Gasteiger partial charge on any atom is -0.508 e. The highest BCUT2D eigenvalue weighted by atomic mass is 19.1. The van der Waals surface area contributed by atoms with Crippen LogP contribution >= 0.6 is 0 Å². The van der Waals surface area contributed by atoms with Crippen LogP contribution in [0.2, 0.25) is 0 Å². The number of rotatable bonds is 11. The van der Waals surface area contributed by atoms with Crippen LogP contribution in [-0.2, 0) is 17.6 Å². The number of halogens is 1. The zero-order valence-corrected chi connectivity index (χ0v) is 27.7. The van der Waals surface area contributed by atoms with Gasteiger partial charge < -0.3 is 20.4 Å². The van der Waals surface area contributed by atoms with Crippen LogP contribution in [0.15, 0.2) is 72.8 Å². The molecule has 7 atom stereocenters. The molecule has 250 valence electrons. The van der Waals surface area contributed by atoms with Crippen LogP contribution in [0, 0.1) is 23.2 Å². The molecule has 3 aromatic rings. The Kier molecular flexibility index (Phi) is 10.0. The Balaban J connectivity index is 1.15. The lowest BCUT2D eigenvalue weighted by Crippen LogP contribution is -2.51. The summed E-state index contributed by atoms with van der Waals surface area (Å²) in [7, 11) is 0. The van der Waals surface area contributed by atoms with Crippen LogP contribution in [0.25, 0.3) is 0 Å². The Morgan fingerprint density at radius 1 is 0.979 bits per heavy atom. The van der Waals surface area contributed by atoms with E-state index in [2.05, 4.69) is 24.4 Å². The summed E-state index contributed by atoms with van der Waals surface area (Å²) in [6.07, 6.45) is 5.79. The molecule has 0 aliphatic heterocycles. The van der Waals surface area contributed by atoms with Crippen LogP contribution in [-0.4, -0.2) is 52.3 Å². The number of aliphatic hydroxyl groups excluding tert-OH is 1. The first-order valence-corrected chi connectivity index (χ1v) is 17.5. The maximum Gasteiger partial charge on any atom is 0.253 e. The second-order valence-electron chi connectivity index (χ2n) is 14.5. The Labute approximate surface area is 278 Å². The Morgan fingerprint density at radius 3 is 2.47 bits per heavy atom. The second kappa shape index (κ2) is 14.2. The van der Waals surface area contributed by atoms with Crippen molar-refractivity contribution in [1.82, 2.24) is 4.90 Å². The Morgan fingerprint density at radius 2 is 1.72 bits per heavy atom. The molecular weight excluding hydrogens is 591 g/mol. The summed E-state index contributed by atoms with van der Waals surface area (Å²) in [6, 6.07) is 22.8. The van der Waals surface area contributed by atoms with Gasteiger partial charge in [-0.15, -0.1) is 0 Å². The predicted molar refractivity (Wildman–Crippen MR) is 183 cm³/mol. The van der Waals surface area contributed by atoms with E-state index < -0.39 is 17.7 Å². The molecule has 3 aliphatic carbocycles. The molecule has 0 heterocycles. The molecule has 0 saturated heterocycles. The molecule has 47 heavy (non-hydrogen) atoms. The van der Waals surface area contributed by atoms with Gasteiger partial charge in [-0.05, 0) is 128 Å². The maximum atomic E-state index is 16.2. The lowest BCUT2D eigenvalue weighted by atomic mass is 9.51. The number of aliphatic hydroxyl groups is 1. The third-order valence-corrected chi connectivity index (χ3v) is 11.5. The summed E-state index contributed by atoms with van der Waals surface area (Å²) in [6.45, 7) is 4.83. The second-order valence-corrected chi connectivity index (χ2v) is 14.5. The van der Waals surface area contributed by atoms with Gasteiger partial charge in [0, 0.05) is 37.2 Å². The summed E-state index contributed by atoms with van der Waals surface area (Å²) < 4.78 is 16.2. The van der Waals surface area contributed by atoms with Gasteiger partial charge in [0.15, 0.2) is 0 Å². The molecule has 0 spiro atoms. The molecule has 2 saturated carbocycles. The van der Waals surface area contributed by atoms with Crippen molar-refractivity contribution in [3.05, 3.63) is 95.1 Å². The topological polar surface area (TPSA) is 89.9 Å². The molecule has 6 rings (SSSR count). The normalized spacial score (nSPS) is 27.7. The average molecular weight is 641 g/mol. The number of aromatic hydroxyl groups is 1. The monoisotopic (exact) mass is 640 g/mol. The average Bonchev–Trinajstić information content (AvgIpc) is 3.35. The quantitative estimate of drug-likeness (QED) is 0.188. The SMILES string of the molecule is CC(=O)Nc1ccc(C(=O)N(CCCC[C@@H]2Cc3cc(O)ccc3C3C2C2CC[C@H](O)[C@@]2(C)C[C@@H]3F)CCCc2ccccc2)cc1. The van der Waals surface area contributed by atoms with Crippen LogP contribution < -0.4 is 5.32 Å². The van der Waals surface area contributed by atoms with E-state index in [-0.39, 0.29) is 41.2 Å². The number of anilines is 1. The summed E-state index contributed by atoms with van der Waals surface area (Å²) in [5.74, 6) is 0.540. The van der Waals surface area contributed by atoms with Gasteiger partial charge in [-0.2, -0.15) is 0 Å². The summed E-state index contributed by atoms with van der Waals surface area (Å²) in [5.41, 5.74) is 4.21. The summed E-state index contributed by atoms with van der Waals surface area (Å²) in [4.78, 5) is 27.2. The van der Waals surface area contributed by atoms with E-state index in [1.165, 1.54) is 12.5 Å². The van der Waals surface area contributed by atoms with E-state index in [0.29, 0.717) is 30.8 Å². The molecule has 2 amide bonds. The van der Waals surface area contributed by atoms with Gasteiger partial charge in [0.2, 0.25) is 5.91 Å². The highest BCUT2D eigenvalue weighted by Crippen LogP contribution is 2.63. The molecule has 7 heteroatoms. The fourth-order valence-electron chi connectivity index (χ4n) is 9.26. The number of nitrogens with one attached hydrogen (secondary N) is 1. The van der Waals surface area contributed by atoms with E-state index in [0.717, 1.165) is 62.5 Å². The van der Waals surface area contributed by atoms with Crippen LogP contribution in [0.4, 0.5) is 10.1 Å². The number of carbonyl (C=O) groups excluding carboxylic acids is 2. The van der Waals surface area contributed by atoms with Crippen molar-refractivity contribution in [3.63, 3.8) is 0 Å². The number of hydrogen-bond donors (Lipinski definition) is 3. The minimum absolute atomic E-state index is 0.0159. The van der Waals surface area contributed by atoms with Gasteiger partial charge in [0.05, 0.1) is 6.10 Å².